The van der Waals surface area contributed by atoms with E-state index >= 15 is 0 Å². The van der Waals surface area contributed by atoms with Crippen molar-refractivity contribution < 1.29 is 4.79 Å². The van der Waals surface area contributed by atoms with Gasteiger partial charge in [0.15, 0.2) is 0 Å². The van der Waals surface area contributed by atoms with Crippen LogP contribution in [0.25, 0.3) is 0 Å². The average molecular weight is 267 g/mol. The van der Waals surface area contributed by atoms with Gasteiger partial charge in [0.25, 0.3) is 0 Å². The highest BCUT2D eigenvalue weighted by molar-refractivity contribution is 5.76. The summed E-state index contributed by atoms with van der Waals surface area (Å²) in [6.07, 6.45) is 16.5. The topological polar surface area (TPSA) is 20.3 Å². The third-order valence-corrected chi connectivity index (χ3v) is 4.20. The summed E-state index contributed by atoms with van der Waals surface area (Å²) in [7, 11) is 0. The van der Waals surface area contributed by atoms with E-state index in [1.165, 1.54) is 70.6 Å². The number of rotatable bonds is 10. The summed E-state index contributed by atoms with van der Waals surface area (Å²) in [4.78, 5) is 14.0. The molecule has 0 aromatic heterocycles. The molecule has 1 aliphatic rings. The fraction of sp³-hybridized carbons (Fsp3) is 0.941. The van der Waals surface area contributed by atoms with Crippen LogP contribution in [0.2, 0.25) is 0 Å². The molecule has 0 spiro atoms. The summed E-state index contributed by atoms with van der Waals surface area (Å²) in [6, 6.07) is 0. The van der Waals surface area contributed by atoms with Gasteiger partial charge < -0.3 is 4.90 Å². The van der Waals surface area contributed by atoms with Gasteiger partial charge >= 0.3 is 0 Å². The summed E-state index contributed by atoms with van der Waals surface area (Å²) in [5.74, 6) is 0.405. The van der Waals surface area contributed by atoms with E-state index in [4.69, 9.17) is 0 Å². The normalized spacial score (nSPS) is 15.7. The summed E-state index contributed by atoms with van der Waals surface area (Å²) in [6.45, 7) is 4.28. The first-order chi connectivity index (χ1) is 9.34. The van der Waals surface area contributed by atoms with Gasteiger partial charge in [-0.2, -0.15) is 0 Å². The maximum atomic E-state index is 11.9. The van der Waals surface area contributed by atoms with Gasteiger partial charge in [-0.25, -0.2) is 0 Å². The number of hydrogen-bond donors (Lipinski definition) is 0. The lowest BCUT2D eigenvalue weighted by atomic mass is 10.1. The SMILES string of the molecule is CCCCCCCCCCCC(=O)N1CCCCC1. The van der Waals surface area contributed by atoms with Gasteiger partial charge in [-0.1, -0.05) is 58.3 Å². The number of amides is 1. The second-order valence-corrected chi connectivity index (χ2v) is 6.02. The number of nitrogens with zero attached hydrogens (tertiary/aromatic N) is 1. The zero-order chi connectivity index (χ0) is 13.8. The van der Waals surface area contributed by atoms with Crippen LogP contribution in [0.15, 0.2) is 0 Å². The first-order valence-corrected chi connectivity index (χ1v) is 8.62. The molecular weight excluding hydrogens is 234 g/mol. The average Bonchev–Trinajstić information content (AvgIpc) is 2.46. The van der Waals surface area contributed by atoms with Crippen LogP contribution in [0.5, 0.6) is 0 Å². The molecule has 0 radical (unpaired) electrons. The third-order valence-electron chi connectivity index (χ3n) is 4.20. The molecule has 112 valence electrons. The van der Waals surface area contributed by atoms with Crippen molar-refractivity contribution in [3.63, 3.8) is 0 Å². The summed E-state index contributed by atoms with van der Waals surface area (Å²) in [5, 5.41) is 0. The predicted molar refractivity (Wildman–Crippen MR) is 82.3 cm³/mol. The second kappa shape index (κ2) is 11.3. The molecule has 2 nitrogen and oxygen atoms in total. The van der Waals surface area contributed by atoms with Crippen molar-refractivity contribution in [3.8, 4) is 0 Å². The van der Waals surface area contributed by atoms with E-state index in [1.54, 1.807) is 0 Å². The molecule has 1 fully saturated rings. The predicted octanol–water partition coefficient (Wildman–Crippen LogP) is 4.92. The second-order valence-electron chi connectivity index (χ2n) is 6.02. The molecule has 1 heterocycles. The fourth-order valence-corrected chi connectivity index (χ4v) is 2.89. The molecule has 0 bridgehead atoms. The molecule has 0 N–H and O–H groups in total. The van der Waals surface area contributed by atoms with Gasteiger partial charge in [0.1, 0.15) is 0 Å². The summed E-state index contributed by atoms with van der Waals surface area (Å²) >= 11 is 0. The molecule has 0 saturated carbocycles. The molecule has 0 aliphatic carbocycles. The Morgan fingerprint density at radius 1 is 0.789 bits per heavy atom. The van der Waals surface area contributed by atoms with Crippen LogP contribution in [0, 0.1) is 0 Å². The molecule has 1 aliphatic heterocycles. The minimum absolute atomic E-state index is 0.405. The highest BCUT2D eigenvalue weighted by Gasteiger charge is 2.15. The Morgan fingerprint density at radius 3 is 1.89 bits per heavy atom. The van der Waals surface area contributed by atoms with E-state index < -0.39 is 0 Å². The third kappa shape index (κ3) is 8.28. The van der Waals surface area contributed by atoms with Crippen molar-refractivity contribution in [2.24, 2.45) is 0 Å². The minimum Gasteiger partial charge on any atom is -0.343 e. The van der Waals surface area contributed by atoms with Crippen LogP contribution in [-0.4, -0.2) is 23.9 Å². The van der Waals surface area contributed by atoms with Crippen molar-refractivity contribution in [2.75, 3.05) is 13.1 Å². The lowest BCUT2D eigenvalue weighted by molar-refractivity contribution is -0.132. The Labute approximate surface area is 119 Å². The molecule has 1 rings (SSSR count). The lowest BCUT2D eigenvalue weighted by Crippen LogP contribution is -2.35. The number of hydrogen-bond acceptors (Lipinski definition) is 1. The largest absolute Gasteiger partial charge is 0.343 e. The van der Waals surface area contributed by atoms with Crippen LogP contribution in [-0.2, 0) is 4.79 Å². The highest BCUT2D eigenvalue weighted by atomic mass is 16.2. The van der Waals surface area contributed by atoms with Crippen molar-refractivity contribution in [1.82, 2.24) is 4.90 Å². The monoisotopic (exact) mass is 267 g/mol. The molecule has 0 aromatic carbocycles. The van der Waals surface area contributed by atoms with E-state index in [1.807, 2.05) is 0 Å². The van der Waals surface area contributed by atoms with E-state index in [-0.39, 0.29) is 0 Å². The van der Waals surface area contributed by atoms with E-state index in [9.17, 15) is 4.79 Å². The molecule has 1 saturated heterocycles. The van der Waals surface area contributed by atoms with Gasteiger partial charge in [-0.05, 0) is 25.7 Å². The molecule has 0 aromatic rings. The maximum Gasteiger partial charge on any atom is 0.222 e. The van der Waals surface area contributed by atoms with Crippen LogP contribution < -0.4 is 0 Å². The first kappa shape index (κ1) is 16.5. The maximum absolute atomic E-state index is 11.9. The molecule has 0 unspecified atom stereocenters. The van der Waals surface area contributed by atoms with Crippen LogP contribution in [0.3, 0.4) is 0 Å². The van der Waals surface area contributed by atoms with Crippen molar-refractivity contribution >= 4 is 5.91 Å². The zero-order valence-corrected chi connectivity index (χ0v) is 13.0. The minimum atomic E-state index is 0.405. The van der Waals surface area contributed by atoms with Crippen molar-refractivity contribution in [1.29, 1.82) is 0 Å². The van der Waals surface area contributed by atoms with Crippen molar-refractivity contribution in [2.45, 2.75) is 90.4 Å². The Kier molecular flexibility index (Phi) is 9.84. The zero-order valence-electron chi connectivity index (χ0n) is 13.0. The van der Waals surface area contributed by atoms with Crippen LogP contribution in [0.1, 0.15) is 90.4 Å². The number of piperidine rings is 1. The van der Waals surface area contributed by atoms with Gasteiger partial charge in [0.2, 0.25) is 5.91 Å². The quantitative estimate of drug-likeness (QED) is 0.514. The van der Waals surface area contributed by atoms with Gasteiger partial charge in [0.05, 0.1) is 0 Å². The van der Waals surface area contributed by atoms with Crippen molar-refractivity contribution in [3.05, 3.63) is 0 Å². The van der Waals surface area contributed by atoms with Gasteiger partial charge in [-0.15, -0.1) is 0 Å². The Morgan fingerprint density at radius 2 is 1.32 bits per heavy atom. The van der Waals surface area contributed by atoms with E-state index in [0.29, 0.717) is 5.91 Å². The number of carbonyl (C=O) groups excluding carboxylic acids is 1. The molecule has 0 atom stereocenters. The summed E-state index contributed by atoms with van der Waals surface area (Å²) < 4.78 is 0. The number of likely N-dealkylation sites (tertiary alicyclic amines) is 1. The molecule has 1 amide bonds. The number of unbranched alkanes of at least 4 members (excludes halogenated alkanes) is 8. The molecule has 2 heteroatoms. The van der Waals surface area contributed by atoms with Crippen LogP contribution in [0.4, 0.5) is 0 Å². The molecular formula is C17H33NO. The van der Waals surface area contributed by atoms with E-state index in [0.717, 1.165) is 25.9 Å². The van der Waals surface area contributed by atoms with Gasteiger partial charge in [0, 0.05) is 19.5 Å². The summed E-state index contributed by atoms with van der Waals surface area (Å²) in [5.41, 5.74) is 0. The number of carbonyl (C=O) groups is 1. The highest BCUT2D eigenvalue weighted by Crippen LogP contribution is 2.13. The standard InChI is InChI=1S/C17H33NO/c1-2-3-4-5-6-7-8-9-11-14-17(19)18-15-12-10-13-16-18/h2-16H2,1H3. The van der Waals surface area contributed by atoms with Gasteiger partial charge in [-0.3, -0.25) is 4.79 Å². The smallest absolute Gasteiger partial charge is 0.222 e. The van der Waals surface area contributed by atoms with E-state index in [2.05, 4.69) is 11.8 Å². The van der Waals surface area contributed by atoms with Crippen LogP contribution >= 0.6 is 0 Å². The Balaban J connectivity index is 1.86. The lowest BCUT2D eigenvalue weighted by Gasteiger charge is -2.26. The Hall–Kier alpha value is -0.530. The fourth-order valence-electron chi connectivity index (χ4n) is 2.89. The Bertz CT molecular complexity index is 221. The first-order valence-electron chi connectivity index (χ1n) is 8.62. The molecule has 19 heavy (non-hydrogen) atoms.